The summed E-state index contributed by atoms with van der Waals surface area (Å²) in [6.45, 7) is 0.0869. The standard InChI is InChI=1S/C24H18BrFN2O3/c1-3-12-31-22-19(25)13-15(14-21(22)30-2)23-27-20-7-5-4-6-18(20)24(29)28(23)17-10-8-16(26)9-11-17/h1,4-11,13-14,23,27H,12H2,2H3/t23-/m1/s1. The van der Waals surface area contributed by atoms with Gasteiger partial charge in [0.1, 0.15) is 18.6 Å². The number of fused-ring (bicyclic) bond motifs is 1. The Kier molecular flexibility index (Phi) is 5.83. The van der Waals surface area contributed by atoms with Crippen molar-refractivity contribution in [3.05, 3.63) is 82.1 Å². The lowest BCUT2D eigenvalue weighted by Crippen LogP contribution is -2.43. The zero-order chi connectivity index (χ0) is 22.0. The Bertz CT molecular complexity index is 1170. The second-order valence-corrected chi connectivity index (χ2v) is 7.63. The van der Waals surface area contributed by atoms with Gasteiger partial charge in [0.2, 0.25) is 0 Å². The molecule has 1 atom stereocenters. The van der Waals surface area contributed by atoms with E-state index in [-0.39, 0.29) is 18.3 Å². The van der Waals surface area contributed by atoms with Crippen LogP contribution in [0.5, 0.6) is 11.5 Å². The van der Waals surface area contributed by atoms with Gasteiger partial charge in [0, 0.05) is 16.9 Å². The fourth-order valence-corrected chi connectivity index (χ4v) is 4.08. The first-order valence-electron chi connectivity index (χ1n) is 9.42. The van der Waals surface area contributed by atoms with E-state index in [1.54, 1.807) is 35.2 Å². The third kappa shape index (κ3) is 3.94. The van der Waals surface area contributed by atoms with Crippen LogP contribution in [0.3, 0.4) is 0 Å². The number of benzene rings is 3. The van der Waals surface area contributed by atoms with Gasteiger partial charge in [0.25, 0.3) is 5.91 Å². The molecular weight excluding hydrogens is 463 g/mol. The lowest BCUT2D eigenvalue weighted by molar-refractivity contribution is 0.0975. The van der Waals surface area contributed by atoms with Gasteiger partial charge < -0.3 is 14.8 Å². The molecule has 3 aromatic rings. The molecule has 1 heterocycles. The maximum absolute atomic E-state index is 13.5. The second kappa shape index (κ2) is 8.70. The Morgan fingerprint density at radius 2 is 1.94 bits per heavy atom. The number of carbonyl (C=O) groups excluding carboxylic acids is 1. The van der Waals surface area contributed by atoms with Crippen molar-refractivity contribution in [2.24, 2.45) is 0 Å². The van der Waals surface area contributed by atoms with Crippen LogP contribution in [0.15, 0.2) is 65.1 Å². The summed E-state index contributed by atoms with van der Waals surface area (Å²) in [5.74, 6) is 2.79. The molecule has 0 spiro atoms. The second-order valence-electron chi connectivity index (χ2n) is 6.77. The zero-order valence-corrected chi connectivity index (χ0v) is 18.1. The first-order chi connectivity index (χ1) is 15.0. The Labute approximate surface area is 187 Å². The Hall–Kier alpha value is -3.50. The fraction of sp³-hybridized carbons (Fsp3) is 0.125. The number of methoxy groups -OCH3 is 1. The van der Waals surface area contributed by atoms with Gasteiger partial charge in [0.15, 0.2) is 11.5 Å². The topological polar surface area (TPSA) is 50.8 Å². The molecule has 156 valence electrons. The first kappa shape index (κ1) is 20.8. The minimum absolute atomic E-state index is 0.0869. The number of nitrogens with zero attached hydrogens (tertiary/aromatic N) is 1. The van der Waals surface area contributed by atoms with Crippen molar-refractivity contribution >= 4 is 33.2 Å². The Morgan fingerprint density at radius 3 is 2.65 bits per heavy atom. The number of ether oxygens (including phenoxy) is 2. The average Bonchev–Trinajstić information content (AvgIpc) is 2.78. The van der Waals surface area contributed by atoms with Crippen LogP contribution in [-0.4, -0.2) is 19.6 Å². The smallest absolute Gasteiger partial charge is 0.262 e. The number of anilines is 2. The Balaban J connectivity index is 1.84. The van der Waals surface area contributed by atoms with Crippen LogP contribution in [0, 0.1) is 18.2 Å². The van der Waals surface area contributed by atoms with E-state index in [9.17, 15) is 9.18 Å². The summed E-state index contributed by atoms with van der Waals surface area (Å²) < 4.78 is 25.3. The number of amides is 1. The van der Waals surface area contributed by atoms with E-state index >= 15 is 0 Å². The van der Waals surface area contributed by atoms with Crippen molar-refractivity contribution < 1.29 is 18.7 Å². The maximum Gasteiger partial charge on any atom is 0.262 e. The number of nitrogens with one attached hydrogen (secondary N) is 1. The van der Waals surface area contributed by atoms with Gasteiger partial charge in [-0.05, 0) is 64.5 Å². The molecule has 31 heavy (non-hydrogen) atoms. The van der Waals surface area contributed by atoms with Crippen LogP contribution in [0.4, 0.5) is 15.8 Å². The van der Waals surface area contributed by atoms with Crippen LogP contribution < -0.4 is 19.7 Å². The molecule has 0 aromatic heterocycles. The molecule has 1 aliphatic rings. The average molecular weight is 481 g/mol. The van der Waals surface area contributed by atoms with Gasteiger partial charge in [-0.25, -0.2) is 4.39 Å². The molecule has 0 saturated heterocycles. The number of terminal acetylenes is 1. The van der Waals surface area contributed by atoms with Gasteiger partial charge in [-0.15, -0.1) is 6.42 Å². The van der Waals surface area contributed by atoms with Crippen molar-refractivity contribution in [2.45, 2.75) is 6.17 Å². The zero-order valence-electron chi connectivity index (χ0n) is 16.6. The number of hydrogen-bond donors (Lipinski definition) is 1. The number of rotatable bonds is 5. The van der Waals surface area contributed by atoms with Crippen molar-refractivity contribution in [3.8, 4) is 23.8 Å². The molecule has 4 rings (SSSR count). The van der Waals surface area contributed by atoms with E-state index in [2.05, 4.69) is 27.2 Å². The van der Waals surface area contributed by atoms with Crippen LogP contribution >= 0.6 is 15.9 Å². The summed E-state index contributed by atoms with van der Waals surface area (Å²) in [4.78, 5) is 15.0. The van der Waals surface area contributed by atoms with E-state index in [1.165, 1.54) is 19.2 Å². The minimum atomic E-state index is -0.570. The van der Waals surface area contributed by atoms with Gasteiger partial charge in [0.05, 0.1) is 17.1 Å². The van der Waals surface area contributed by atoms with Crippen molar-refractivity contribution in [2.75, 3.05) is 23.9 Å². The highest BCUT2D eigenvalue weighted by Crippen LogP contribution is 2.42. The van der Waals surface area contributed by atoms with E-state index < -0.39 is 6.17 Å². The lowest BCUT2D eigenvalue weighted by atomic mass is 10.0. The highest BCUT2D eigenvalue weighted by molar-refractivity contribution is 9.10. The van der Waals surface area contributed by atoms with Gasteiger partial charge >= 0.3 is 0 Å². The van der Waals surface area contributed by atoms with Crippen LogP contribution in [0.1, 0.15) is 22.1 Å². The summed E-state index contributed by atoms with van der Waals surface area (Å²) in [6, 6.07) is 16.7. The third-order valence-electron chi connectivity index (χ3n) is 4.90. The predicted molar refractivity (Wildman–Crippen MR) is 121 cm³/mol. The van der Waals surface area contributed by atoms with Gasteiger partial charge in [-0.1, -0.05) is 18.1 Å². The van der Waals surface area contributed by atoms with Crippen LogP contribution in [0.25, 0.3) is 0 Å². The van der Waals surface area contributed by atoms with E-state index in [0.29, 0.717) is 32.9 Å². The molecule has 5 nitrogen and oxygen atoms in total. The van der Waals surface area contributed by atoms with Crippen molar-refractivity contribution in [1.29, 1.82) is 0 Å². The Morgan fingerprint density at radius 1 is 1.19 bits per heavy atom. The summed E-state index contributed by atoms with van der Waals surface area (Å²) >= 11 is 3.51. The number of para-hydroxylation sites is 1. The lowest BCUT2D eigenvalue weighted by Gasteiger charge is -2.38. The van der Waals surface area contributed by atoms with E-state index in [4.69, 9.17) is 15.9 Å². The highest BCUT2D eigenvalue weighted by atomic mass is 79.9. The number of carbonyl (C=O) groups is 1. The maximum atomic E-state index is 13.5. The molecule has 0 saturated carbocycles. The molecule has 0 bridgehead atoms. The van der Waals surface area contributed by atoms with Gasteiger partial charge in [-0.2, -0.15) is 0 Å². The normalized spacial score (nSPS) is 15.0. The van der Waals surface area contributed by atoms with E-state index in [0.717, 1.165) is 5.56 Å². The molecule has 1 N–H and O–H groups in total. The quantitative estimate of drug-likeness (QED) is 0.498. The van der Waals surface area contributed by atoms with Crippen LogP contribution in [0.2, 0.25) is 0 Å². The van der Waals surface area contributed by atoms with Gasteiger partial charge in [-0.3, -0.25) is 9.69 Å². The van der Waals surface area contributed by atoms with Crippen molar-refractivity contribution in [1.82, 2.24) is 0 Å². The third-order valence-corrected chi connectivity index (χ3v) is 5.49. The molecule has 0 unspecified atom stereocenters. The molecule has 1 amide bonds. The first-order valence-corrected chi connectivity index (χ1v) is 10.2. The summed E-state index contributed by atoms with van der Waals surface area (Å²) in [5.41, 5.74) is 2.53. The molecule has 7 heteroatoms. The molecule has 3 aromatic carbocycles. The van der Waals surface area contributed by atoms with Crippen LogP contribution in [-0.2, 0) is 0 Å². The molecular formula is C24H18BrFN2O3. The number of halogens is 2. The van der Waals surface area contributed by atoms with Crippen molar-refractivity contribution in [3.63, 3.8) is 0 Å². The largest absolute Gasteiger partial charge is 0.493 e. The monoisotopic (exact) mass is 480 g/mol. The summed E-state index contributed by atoms with van der Waals surface area (Å²) in [5, 5.41) is 3.41. The molecule has 0 fully saturated rings. The SMILES string of the molecule is C#CCOc1c(Br)cc([C@@H]2Nc3ccccc3C(=O)N2c2ccc(F)cc2)cc1OC. The molecule has 0 radical (unpaired) electrons. The highest BCUT2D eigenvalue weighted by Gasteiger charge is 2.35. The predicted octanol–water partition coefficient (Wildman–Crippen LogP) is 5.38. The minimum Gasteiger partial charge on any atom is -0.493 e. The fourth-order valence-electron chi connectivity index (χ4n) is 3.51. The van der Waals surface area contributed by atoms with E-state index in [1.807, 2.05) is 18.2 Å². The summed E-state index contributed by atoms with van der Waals surface area (Å²) in [6.07, 6.45) is 4.74. The molecule has 0 aliphatic carbocycles. The molecule has 1 aliphatic heterocycles. The summed E-state index contributed by atoms with van der Waals surface area (Å²) in [7, 11) is 1.53. The number of hydrogen-bond acceptors (Lipinski definition) is 4.